The summed E-state index contributed by atoms with van der Waals surface area (Å²) in [5.41, 5.74) is 2.91. The van der Waals surface area contributed by atoms with Crippen molar-refractivity contribution in [3.05, 3.63) is 29.3 Å². The zero-order valence-electron chi connectivity index (χ0n) is 11.1. The Morgan fingerprint density at radius 3 is 2.94 bits per heavy atom. The molecule has 2 aliphatic rings. The van der Waals surface area contributed by atoms with Crippen LogP contribution in [-0.2, 0) is 6.54 Å². The van der Waals surface area contributed by atoms with Gasteiger partial charge in [-0.3, -0.25) is 4.90 Å². The van der Waals surface area contributed by atoms with Crippen LogP contribution in [0.15, 0.2) is 18.2 Å². The van der Waals surface area contributed by atoms with Crippen LogP contribution in [0.5, 0.6) is 5.75 Å². The molecule has 3 rings (SSSR count). The van der Waals surface area contributed by atoms with E-state index in [-0.39, 0.29) is 0 Å². The normalized spacial score (nSPS) is 23.9. The van der Waals surface area contributed by atoms with Gasteiger partial charge < -0.3 is 10.1 Å². The fraction of sp³-hybridized carbons (Fsp3) is 0.600. The Balaban J connectivity index is 1.86. The molecule has 18 heavy (non-hydrogen) atoms. The summed E-state index contributed by atoms with van der Waals surface area (Å²) >= 11 is 0. The lowest BCUT2D eigenvalue weighted by Crippen LogP contribution is -2.38. The monoisotopic (exact) mass is 246 g/mol. The van der Waals surface area contributed by atoms with E-state index >= 15 is 0 Å². The molecule has 2 heterocycles. The maximum atomic E-state index is 5.59. The number of nitrogens with zero attached hydrogens (tertiary/aromatic N) is 1. The van der Waals surface area contributed by atoms with Gasteiger partial charge in [0.15, 0.2) is 0 Å². The van der Waals surface area contributed by atoms with Gasteiger partial charge >= 0.3 is 0 Å². The standard InChI is InChI=1S/C15H22N2O/c1-2-18-13-5-6-14-12(9-13)10-16-11-15(14)17-7-3-4-8-17/h5-6,9,15-16H,2-4,7-8,10-11H2,1H3/t15-/m1/s1. The van der Waals surface area contributed by atoms with Gasteiger partial charge in [-0.2, -0.15) is 0 Å². The number of likely N-dealkylation sites (tertiary alicyclic amines) is 1. The molecule has 3 heteroatoms. The number of hydrogen-bond acceptors (Lipinski definition) is 3. The third-order valence-electron chi connectivity index (χ3n) is 4.02. The van der Waals surface area contributed by atoms with E-state index in [0.29, 0.717) is 6.04 Å². The average Bonchev–Trinajstić information content (AvgIpc) is 2.92. The Kier molecular flexibility index (Phi) is 3.52. The Hall–Kier alpha value is -1.06. The molecular formula is C15H22N2O. The highest BCUT2D eigenvalue weighted by atomic mass is 16.5. The molecule has 1 atom stereocenters. The Bertz CT molecular complexity index is 413. The first-order chi connectivity index (χ1) is 8.88. The van der Waals surface area contributed by atoms with Crippen molar-refractivity contribution in [3.63, 3.8) is 0 Å². The van der Waals surface area contributed by atoms with Crippen LogP contribution in [0.2, 0.25) is 0 Å². The molecule has 0 bridgehead atoms. The van der Waals surface area contributed by atoms with Crippen molar-refractivity contribution in [3.8, 4) is 5.75 Å². The van der Waals surface area contributed by atoms with Crippen molar-refractivity contribution in [2.75, 3.05) is 26.2 Å². The third-order valence-corrected chi connectivity index (χ3v) is 4.02. The fourth-order valence-electron chi connectivity index (χ4n) is 3.15. The molecule has 1 saturated heterocycles. The number of ether oxygens (including phenoxy) is 1. The summed E-state index contributed by atoms with van der Waals surface area (Å²) < 4.78 is 5.59. The minimum Gasteiger partial charge on any atom is -0.494 e. The molecule has 1 N–H and O–H groups in total. The van der Waals surface area contributed by atoms with Crippen molar-refractivity contribution in [2.24, 2.45) is 0 Å². The second-order valence-corrected chi connectivity index (χ2v) is 5.18. The van der Waals surface area contributed by atoms with E-state index in [1.54, 1.807) is 0 Å². The third kappa shape index (κ3) is 2.25. The molecule has 98 valence electrons. The lowest BCUT2D eigenvalue weighted by Gasteiger charge is -2.33. The Morgan fingerprint density at radius 1 is 1.33 bits per heavy atom. The zero-order valence-corrected chi connectivity index (χ0v) is 11.1. The minimum atomic E-state index is 0.562. The Labute approximate surface area is 109 Å². The number of benzene rings is 1. The summed E-state index contributed by atoms with van der Waals surface area (Å²) in [6.07, 6.45) is 2.70. The van der Waals surface area contributed by atoms with Crippen molar-refractivity contribution < 1.29 is 4.74 Å². The van der Waals surface area contributed by atoms with Crippen molar-refractivity contribution in [2.45, 2.75) is 32.4 Å². The predicted octanol–water partition coefficient (Wildman–Crippen LogP) is 2.33. The number of nitrogens with one attached hydrogen (secondary N) is 1. The van der Waals surface area contributed by atoms with E-state index in [1.165, 1.54) is 37.1 Å². The molecule has 1 aromatic rings. The van der Waals surface area contributed by atoms with Crippen LogP contribution in [-0.4, -0.2) is 31.1 Å². The zero-order chi connectivity index (χ0) is 12.4. The van der Waals surface area contributed by atoms with Gasteiger partial charge in [0.05, 0.1) is 6.61 Å². The average molecular weight is 246 g/mol. The predicted molar refractivity (Wildman–Crippen MR) is 72.9 cm³/mol. The Morgan fingerprint density at radius 2 is 2.17 bits per heavy atom. The maximum absolute atomic E-state index is 5.59. The van der Waals surface area contributed by atoms with Gasteiger partial charge in [0.1, 0.15) is 5.75 Å². The van der Waals surface area contributed by atoms with Gasteiger partial charge in [-0.15, -0.1) is 0 Å². The van der Waals surface area contributed by atoms with E-state index in [4.69, 9.17) is 4.74 Å². The number of rotatable bonds is 3. The van der Waals surface area contributed by atoms with Gasteiger partial charge in [-0.1, -0.05) is 6.07 Å². The van der Waals surface area contributed by atoms with Crippen LogP contribution in [0.25, 0.3) is 0 Å². The van der Waals surface area contributed by atoms with E-state index in [0.717, 1.165) is 25.4 Å². The number of hydrogen-bond donors (Lipinski definition) is 1. The number of fused-ring (bicyclic) bond motifs is 1. The summed E-state index contributed by atoms with van der Waals surface area (Å²) in [5, 5.41) is 3.54. The van der Waals surface area contributed by atoms with E-state index in [2.05, 4.69) is 28.4 Å². The summed E-state index contributed by atoms with van der Waals surface area (Å²) in [4.78, 5) is 2.62. The van der Waals surface area contributed by atoms with Gasteiger partial charge in [0, 0.05) is 19.1 Å². The van der Waals surface area contributed by atoms with Gasteiger partial charge in [-0.25, -0.2) is 0 Å². The van der Waals surface area contributed by atoms with Crippen LogP contribution in [0.3, 0.4) is 0 Å². The molecule has 0 radical (unpaired) electrons. The van der Waals surface area contributed by atoms with Crippen LogP contribution in [0.1, 0.15) is 36.9 Å². The molecule has 0 saturated carbocycles. The molecule has 1 aromatic carbocycles. The SMILES string of the molecule is CCOc1ccc2c(c1)CNC[C@H]2N1CCCC1. The minimum absolute atomic E-state index is 0.562. The highest BCUT2D eigenvalue weighted by molar-refractivity contribution is 5.39. The fourth-order valence-corrected chi connectivity index (χ4v) is 3.15. The van der Waals surface area contributed by atoms with Crippen molar-refractivity contribution in [1.29, 1.82) is 0 Å². The lowest BCUT2D eigenvalue weighted by molar-refractivity contribution is 0.228. The topological polar surface area (TPSA) is 24.5 Å². The van der Waals surface area contributed by atoms with Crippen molar-refractivity contribution in [1.82, 2.24) is 10.2 Å². The molecule has 0 spiro atoms. The molecule has 0 amide bonds. The smallest absolute Gasteiger partial charge is 0.119 e. The summed E-state index contributed by atoms with van der Waals surface area (Å²) in [7, 11) is 0. The first-order valence-electron chi connectivity index (χ1n) is 7.09. The summed E-state index contributed by atoms with van der Waals surface area (Å²) in [5.74, 6) is 1.00. The maximum Gasteiger partial charge on any atom is 0.119 e. The van der Waals surface area contributed by atoms with Gasteiger partial charge in [0.2, 0.25) is 0 Å². The van der Waals surface area contributed by atoms with Crippen LogP contribution in [0.4, 0.5) is 0 Å². The van der Waals surface area contributed by atoms with E-state index in [1.807, 2.05) is 6.92 Å². The van der Waals surface area contributed by atoms with Crippen molar-refractivity contribution >= 4 is 0 Å². The molecule has 0 aromatic heterocycles. The second-order valence-electron chi connectivity index (χ2n) is 5.18. The first kappa shape index (κ1) is 12.0. The van der Waals surface area contributed by atoms with E-state index in [9.17, 15) is 0 Å². The van der Waals surface area contributed by atoms with Crippen LogP contribution in [0, 0.1) is 0 Å². The summed E-state index contributed by atoms with van der Waals surface area (Å²) in [6, 6.07) is 7.15. The highest BCUT2D eigenvalue weighted by Gasteiger charge is 2.27. The molecule has 0 aliphatic carbocycles. The molecule has 3 nitrogen and oxygen atoms in total. The second kappa shape index (κ2) is 5.29. The lowest BCUT2D eigenvalue weighted by atomic mass is 9.95. The highest BCUT2D eigenvalue weighted by Crippen LogP contribution is 2.31. The van der Waals surface area contributed by atoms with Crippen LogP contribution >= 0.6 is 0 Å². The largest absolute Gasteiger partial charge is 0.494 e. The van der Waals surface area contributed by atoms with Crippen LogP contribution < -0.4 is 10.1 Å². The molecule has 2 aliphatic heterocycles. The summed E-state index contributed by atoms with van der Waals surface area (Å²) in [6.45, 7) is 7.33. The first-order valence-corrected chi connectivity index (χ1v) is 7.09. The molecule has 1 fully saturated rings. The van der Waals surface area contributed by atoms with Gasteiger partial charge in [0.25, 0.3) is 0 Å². The molecular weight excluding hydrogens is 224 g/mol. The molecule has 0 unspecified atom stereocenters. The quantitative estimate of drug-likeness (QED) is 0.886. The van der Waals surface area contributed by atoms with Gasteiger partial charge in [-0.05, 0) is 56.1 Å². The van der Waals surface area contributed by atoms with E-state index < -0.39 is 0 Å².